The molecule has 2 heteroatoms. The summed E-state index contributed by atoms with van der Waals surface area (Å²) in [6, 6.07) is 1.64. The van der Waals surface area contributed by atoms with Gasteiger partial charge in [0.2, 0.25) is 0 Å². The molecule has 2 heterocycles. The number of nitrogens with zero attached hydrogens (tertiary/aromatic N) is 1. The summed E-state index contributed by atoms with van der Waals surface area (Å²) in [7, 11) is 0. The highest BCUT2D eigenvalue weighted by Gasteiger charge is 2.26. The average molecular weight is 183 g/mol. The Labute approximate surface area is 81.3 Å². The van der Waals surface area contributed by atoms with Gasteiger partial charge in [0.05, 0.1) is 0 Å². The monoisotopic (exact) mass is 183 g/mol. The molecule has 2 rings (SSSR count). The van der Waals surface area contributed by atoms with Gasteiger partial charge in [0.1, 0.15) is 0 Å². The van der Waals surface area contributed by atoms with Crippen molar-refractivity contribution in [3.05, 3.63) is 0 Å². The van der Waals surface area contributed by atoms with E-state index in [-0.39, 0.29) is 0 Å². The smallest absolute Gasteiger partial charge is 0.0480 e. The summed E-state index contributed by atoms with van der Waals surface area (Å²) in [5, 5.41) is 0. The van der Waals surface area contributed by atoms with E-state index in [4.69, 9.17) is 4.74 Å². The number of hydrogen-bond acceptors (Lipinski definition) is 2. The van der Waals surface area contributed by atoms with E-state index in [1.165, 1.54) is 38.6 Å². The second kappa shape index (κ2) is 4.43. The lowest BCUT2D eigenvalue weighted by Gasteiger charge is -2.41. The van der Waals surface area contributed by atoms with Gasteiger partial charge in [-0.15, -0.1) is 0 Å². The fraction of sp³-hybridized carbons (Fsp3) is 1.00. The zero-order chi connectivity index (χ0) is 9.10. The molecule has 2 fully saturated rings. The first-order chi connectivity index (χ1) is 6.38. The number of rotatable bonds is 1. The van der Waals surface area contributed by atoms with Gasteiger partial charge in [-0.3, -0.25) is 4.90 Å². The third kappa shape index (κ3) is 2.23. The van der Waals surface area contributed by atoms with Crippen molar-refractivity contribution < 1.29 is 4.74 Å². The summed E-state index contributed by atoms with van der Waals surface area (Å²) >= 11 is 0. The second-order valence-electron chi connectivity index (χ2n) is 4.43. The maximum atomic E-state index is 5.40. The van der Waals surface area contributed by atoms with Crippen molar-refractivity contribution in [1.82, 2.24) is 4.90 Å². The second-order valence-corrected chi connectivity index (χ2v) is 4.43. The zero-order valence-corrected chi connectivity index (χ0v) is 8.67. The van der Waals surface area contributed by atoms with E-state index in [1.54, 1.807) is 0 Å². The highest BCUT2D eigenvalue weighted by Crippen LogP contribution is 2.23. The molecular formula is C11H21NO. The first-order valence-corrected chi connectivity index (χ1v) is 5.71. The van der Waals surface area contributed by atoms with Crippen molar-refractivity contribution in [2.75, 3.05) is 19.8 Å². The standard InChI is InChI=1S/C11H21NO/c1-10-4-2-3-7-12(10)11-5-8-13-9-6-11/h10-11H,2-9H2,1H3/t10-/m1/s1. The van der Waals surface area contributed by atoms with E-state index in [9.17, 15) is 0 Å². The van der Waals surface area contributed by atoms with Gasteiger partial charge in [0, 0.05) is 25.3 Å². The number of ether oxygens (including phenoxy) is 1. The van der Waals surface area contributed by atoms with Gasteiger partial charge in [-0.25, -0.2) is 0 Å². The Morgan fingerprint density at radius 2 is 1.85 bits per heavy atom. The predicted molar refractivity (Wildman–Crippen MR) is 53.9 cm³/mol. The van der Waals surface area contributed by atoms with Gasteiger partial charge in [0.15, 0.2) is 0 Å². The van der Waals surface area contributed by atoms with Gasteiger partial charge in [-0.2, -0.15) is 0 Å². The lowest BCUT2D eigenvalue weighted by atomic mass is 9.98. The fourth-order valence-corrected chi connectivity index (χ4v) is 2.68. The molecule has 0 N–H and O–H groups in total. The van der Waals surface area contributed by atoms with Crippen LogP contribution in [0.1, 0.15) is 39.0 Å². The first-order valence-electron chi connectivity index (χ1n) is 5.71. The fourth-order valence-electron chi connectivity index (χ4n) is 2.68. The molecule has 2 nitrogen and oxygen atoms in total. The Kier molecular flexibility index (Phi) is 3.23. The average Bonchev–Trinajstić information content (AvgIpc) is 2.20. The summed E-state index contributed by atoms with van der Waals surface area (Å²) in [5.74, 6) is 0. The normalized spacial score (nSPS) is 33.5. The largest absolute Gasteiger partial charge is 0.381 e. The van der Waals surface area contributed by atoms with Crippen molar-refractivity contribution in [3.63, 3.8) is 0 Å². The molecule has 0 unspecified atom stereocenters. The van der Waals surface area contributed by atoms with E-state index < -0.39 is 0 Å². The van der Waals surface area contributed by atoms with Crippen molar-refractivity contribution >= 4 is 0 Å². The van der Waals surface area contributed by atoms with Gasteiger partial charge < -0.3 is 4.74 Å². The molecule has 0 bridgehead atoms. The molecular weight excluding hydrogens is 162 g/mol. The van der Waals surface area contributed by atoms with E-state index >= 15 is 0 Å². The highest BCUT2D eigenvalue weighted by atomic mass is 16.5. The minimum atomic E-state index is 0.817. The quantitative estimate of drug-likeness (QED) is 0.617. The lowest BCUT2D eigenvalue weighted by molar-refractivity contribution is 0.00885. The first kappa shape index (κ1) is 9.47. The molecule has 2 saturated heterocycles. The van der Waals surface area contributed by atoms with E-state index in [0.29, 0.717) is 0 Å². The molecule has 0 aromatic carbocycles. The Morgan fingerprint density at radius 1 is 1.08 bits per heavy atom. The van der Waals surface area contributed by atoms with Crippen molar-refractivity contribution in [1.29, 1.82) is 0 Å². The molecule has 0 radical (unpaired) electrons. The van der Waals surface area contributed by atoms with Crippen LogP contribution in [-0.4, -0.2) is 36.7 Å². The van der Waals surface area contributed by atoms with Crippen molar-refractivity contribution in [2.24, 2.45) is 0 Å². The van der Waals surface area contributed by atoms with Crippen molar-refractivity contribution in [3.8, 4) is 0 Å². The Balaban J connectivity index is 1.88. The van der Waals surface area contributed by atoms with Crippen LogP contribution in [-0.2, 0) is 4.74 Å². The van der Waals surface area contributed by atoms with Crippen LogP contribution in [0.4, 0.5) is 0 Å². The molecule has 0 spiro atoms. The summed E-state index contributed by atoms with van der Waals surface area (Å²) in [4.78, 5) is 2.71. The maximum Gasteiger partial charge on any atom is 0.0480 e. The van der Waals surface area contributed by atoms with Gasteiger partial charge >= 0.3 is 0 Å². The summed E-state index contributed by atoms with van der Waals surface area (Å²) in [5.41, 5.74) is 0. The van der Waals surface area contributed by atoms with Crippen molar-refractivity contribution in [2.45, 2.75) is 51.1 Å². The number of piperidine rings is 1. The molecule has 2 aliphatic heterocycles. The van der Waals surface area contributed by atoms with Crippen LogP contribution in [0.25, 0.3) is 0 Å². The molecule has 0 aromatic heterocycles. The number of likely N-dealkylation sites (tertiary alicyclic amines) is 1. The van der Waals surface area contributed by atoms with Crippen LogP contribution < -0.4 is 0 Å². The van der Waals surface area contributed by atoms with E-state index in [2.05, 4.69) is 11.8 Å². The summed E-state index contributed by atoms with van der Waals surface area (Å²) in [6.45, 7) is 5.67. The summed E-state index contributed by atoms with van der Waals surface area (Å²) in [6.07, 6.45) is 6.74. The zero-order valence-electron chi connectivity index (χ0n) is 8.67. The molecule has 1 atom stereocenters. The lowest BCUT2D eigenvalue weighted by Crippen LogP contribution is -2.47. The Bertz CT molecular complexity index is 154. The molecule has 2 aliphatic rings. The predicted octanol–water partition coefficient (Wildman–Crippen LogP) is 2.04. The topological polar surface area (TPSA) is 12.5 Å². The number of hydrogen-bond donors (Lipinski definition) is 0. The molecule has 0 amide bonds. The Morgan fingerprint density at radius 3 is 2.54 bits per heavy atom. The Hall–Kier alpha value is -0.0800. The third-order valence-corrected chi connectivity index (χ3v) is 3.51. The highest BCUT2D eigenvalue weighted by molar-refractivity contribution is 4.81. The van der Waals surface area contributed by atoms with Crippen LogP contribution in [0.15, 0.2) is 0 Å². The molecule has 76 valence electrons. The summed E-state index contributed by atoms with van der Waals surface area (Å²) < 4.78 is 5.40. The van der Waals surface area contributed by atoms with Gasteiger partial charge in [0.25, 0.3) is 0 Å². The van der Waals surface area contributed by atoms with Crippen LogP contribution in [0.2, 0.25) is 0 Å². The molecule has 0 saturated carbocycles. The van der Waals surface area contributed by atoms with Crippen LogP contribution in [0.5, 0.6) is 0 Å². The SMILES string of the molecule is C[C@@H]1CCCCN1C1CCOCC1. The minimum absolute atomic E-state index is 0.817. The maximum absolute atomic E-state index is 5.40. The van der Waals surface area contributed by atoms with Gasteiger partial charge in [-0.1, -0.05) is 6.42 Å². The van der Waals surface area contributed by atoms with E-state index in [0.717, 1.165) is 25.3 Å². The van der Waals surface area contributed by atoms with Crippen LogP contribution in [0, 0.1) is 0 Å². The molecule has 0 aliphatic carbocycles. The van der Waals surface area contributed by atoms with Gasteiger partial charge in [-0.05, 0) is 39.2 Å². The molecule has 0 aromatic rings. The van der Waals surface area contributed by atoms with E-state index in [1.807, 2.05) is 0 Å². The molecule has 13 heavy (non-hydrogen) atoms. The van der Waals surface area contributed by atoms with Crippen LogP contribution >= 0.6 is 0 Å². The van der Waals surface area contributed by atoms with Crippen LogP contribution in [0.3, 0.4) is 0 Å². The minimum Gasteiger partial charge on any atom is -0.381 e. The third-order valence-electron chi connectivity index (χ3n) is 3.51.